The van der Waals surface area contributed by atoms with Gasteiger partial charge in [-0.05, 0) is 82.6 Å². The van der Waals surface area contributed by atoms with Crippen LogP contribution < -0.4 is 4.90 Å². The quantitative estimate of drug-likeness (QED) is 0.412. The normalized spacial score (nSPS) is 23.5. The van der Waals surface area contributed by atoms with Gasteiger partial charge in [-0.1, -0.05) is 30.3 Å². The number of hydrogen-bond donors (Lipinski definition) is 0. The number of aryl methyl sites for hydroxylation is 1. The molecule has 8 heteroatoms. The van der Waals surface area contributed by atoms with E-state index in [1.165, 1.54) is 11.1 Å². The highest BCUT2D eigenvalue weighted by Gasteiger charge is 2.45. The fourth-order valence-corrected chi connectivity index (χ4v) is 7.17. The van der Waals surface area contributed by atoms with Crippen molar-refractivity contribution < 1.29 is 4.21 Å². The van der Waals surface area contributed by atoms with Gasteiger partial charge in [0.1, 0.15) is 16.7 Å². The first kappa shape index (κ1) is 25.4. The number of benzene rings is 1. The number of rotatable bonds is 2. The van der Waals surface area contributed by atoms with Crippen LogP contribution in [-0.4, -0.2) is 42.0 Å². The molecule has 1 aromatic carbocycles. The summed E-state index contributed by atoms with van der Waals surface area (Å²) in [7, 11) is -1.30. The molecule has 2 aromatic heterocycles. The molecule has 3 aromatic rings. The zero-order valence-corrected chi connectivity index (χ0v) is 24.2. The van der Waals surface area contributed by atoms with Crippen LogP contribution in [0.25, 0.3) is 5.57 Å². The summed E-state index contributed by atoms with van der Waals surface area (Å²) in [4.78, 5) is 21.7. The Morgan fingerprint density at radius 1 is 1.05 bits per heavy atom. The Bertz CT molecular complexity index is 1630. The van der Waals surface area contributed by atoms with E-state index in [2.05, 4.69) is 46.3 Å². The largest absolute Gasteiger partial charge is 0.323 e. The first-order chi connectivity index (χ1) is 19.3. The molecule has 0 saturated carbocycles. The van der Waals surface area contributed by atoms with Crippen molar-refractivity contribution in [2.75, 3.05) is 11.4 Å². The monoisotopic (exact) mass is 550 g/mol. The molecule has 0 amide bonds. The molecule has 0 saturated heterocycles. The van der Waals surface area contributed by atoms with Gasteiger partial charge in [-0.3, -0.25) is 9.98 Å². The molecule has 1 unspecified atom stereocenters. The zero-order valence-electron chi connectivity index (χ0n) is 23.4. The molecule has 0 radical (unpaired) electrons. The lowest BCUT2D eigenvalue weighted by molar-refractivity contribution is 0.395. The first-order valence-electron chi connectivity index (χ1n) is 14.2. The van der Waals surface area contributed by atoms with Crippen LogP contribution >= 0.6 is 0 Å². The van der Waals surface area contributed by atoms with Crippen LogP contribution in [-0.2, 0) is 30.4 Å². The van der Waals surface area contributed by atoms with Gasteiger partial charge >= 0.3 is 0 Å². The van der Waals surface area contributed by atoms with E-state index in [0.717, 1.165) is 90.6 Å². The molecule has 40 heavy (non-hydrogen) atoms. The average Bonchev–Trinajstić information content (AvgIpc) is 3.51. The van der Waals surface area contributed by atoms with Crippen molar-refractivity contribution in [3.8, 4) is 0 Å². The summed E-state index contributed by atoms with van der Waals surface area (Å²) >= 11 is 0. The minimum Gasteiger partial charge on any atom is -0.323 e. The predicted molar refractivity (Wildman–Crippen MR) is 161 cm³/mol. The van der Waals surface area contributed by atoms with Crippen molar-refractivity contribution in [1.82, 2.24) is 15.0 Å². The Balaban J connectivity index is 1.16. The number of amidine groups is 1. The van der Waals surface area contributed by atoms with Gasteiger partial charge in [-0.15, -0.1) is 0 Å². The van der Waals surface area contributed by atoms with Crippen molar-refractivity contribution in [3.63, 3.8) is 0 Å². The lowest BCUT2D eigenvalue weighted by atomic mass is 9.71. The number of fused-ring (bicyclic) bond motifs is 3. The maximum absolute atomic E-state index is 13.1. The number of anilines is 1. The van der Waals surface area contributed by atoms with Gasteiger partial charge in [0.25, 0.3) is 0 Å². The summed E-state index contributed by atoms with van der Waals surface area (Å²) < 4.78 is 17.6. The maximum atomic E-state index is 13.1. The molecule has 0 fully saturated rings. The molecule has 2 aliphatic carbocycles. The van der Waals surface area contributed by atoms with Crippen LogP contribution in [0.4, 0.5) is 5.69 Å². The second-order valence-electron chi connectivity index (χ2n) is 12.3. The highest BCUT2D eigenvalue weighted by Crippen LogP contribution is 2.49. The Morgan fingerprint density at radius 3 is 2.75 bits per heavy atom. The molecule has 0 bridgehead atoms. The van der Waals surface area contributed by atoms with E-state index >= 15 is 0 Å². The number of hydrogen-bond acceptors (Lipinski definition) is 6. The number of aliphatic imine (C=N–C) groups is 1. The fourth-order valence-electron chi connectivity index (χ4n) is 6.44. The van der Waals surface area contributed by atoms with Gasteiger partial charge < -0.3 is 4.90 Å². The van der Waals surface area contributed by atoms with Gasteiger partial charge in [-0.2, -0.15) is 4.40 Å². The van der Waals surface area contributed by atoms with Gasteiger partial charge in [0, 0.05) is 23.7 Å². The highest BCUT2D eigenvalue weighted by atomic mass is 32.2. The van der Waals surface area contributed by atoms with Crippen LogP contribution in [0.1, 0.15) is 80.4 Å². The summed E-state index contributed by atoms with van der Waals surface area (Å²) in [6.45, 7) is 7.44. The molecule has 4 heterocycles. The van der Waals surface area contributed by atoms with E-state index in [-0.39, 0.29) is 5.41 Å². The van der Waals surface area contributed by atoms with Crippen molar-refractivity contribution in [3.05, 3.63) is 88.8 Å². The second-order valence-corrected chi connectivity index (χ2v) is 14.2. The van der Waals surface area contributed by atoms with Crippen molar-refractivity contribution in [2.45, 2.75) is 70.6 Å². The number of nitrogens with zero attached hydrogens (tertiary/aromatic N) is 6. The third-order valence-corrected chi connectivity index (χ3v) is 9.98. The van der Waals surface area contributed by atoms with E-state index in [9.17, 15) is 4.21 Å². The molecular weight excluding hydrogens is 516 g/mol. The summed E-state index contributed by atoms with van der Waals surface area (Å²) in [5, 5.41) is 0. The molecule has 0 N–H and O–H groups in total. The number of pyridine rings is 1. The Hall–Kier alpha value is -3.52. The summed E-state index contributed by atoms with van der Waals surface area (Å²) in [5.41, 5.74) is 9.62. The van der Waals surface area contributed by atoms with E-state index in [0.29, 0.717) is 6.54 Å². The molecule has 204 valence electrons. The van der Waals surface area contributed by atoms with Gasteiger partial charge in [-0.25, -0.2) is 14.2 Å². The van der Waals surface area contributed by atoms with Crippen molar-refractivity contribution in [1.29, 1.82) is 0 Å². The SMILES string of the molecule is CC(C)(C)[S@@](=O)N=C1c2ccccc2CC12CC=C(c1cnc3c(n1)CN=C3N1CCCc3ncccc31)CC2. The standard InChI is InChI=1S/C32H34N6OS/c1-31(2,3)40(39)37-29-23-9-5-4-8-22(23)18-32(29)14-12-21(13-15-32)25-19-34-28-26(36-25)20-35-30(28)38-17-7-10-24-27(38)11-6-16-33-24/h4-6,8-9,11-12,16,19H,7,10,13-15,17-18,20H2,1-3H3/t32?,40-/m1/s1. The fraction of sp³-hybridized carbons (Fsp3) is 0.406. The summed E-state index contributed by atoms with van der Waals surface area (Å²) in [5.74, 6) is 0.913. The molecule has 4 aliphatic rings. The highest BCUT2D eigenvalue weighted by molar-refractivity contribution is 7.85. The summed E-state index contributed by atoms with van der Waals surface area (Å²) in [6, 6.07) is 12.6. The van der Waals surface area contributed by atoms with Crippen LogP contribution in [0.15, 0.2) is 64.3 Å². The Labute approximate surface area is 238 Å². The average molecular weight is 551 g/mol. The van der Waals surface area contributed by atoms with E-state index in [1.807, 2.05) is 39.2 Å². The van der Waals surface area contributed by atoms with Crippen molar-refractivity contribution >= 4 is 33.8 Å². The van der Waals surface area contributed by atoms with E-state index < -0.39 is 15.7 Å². The molecule has 2 atom stereocenters. The topological polar surface area (TPSA) is 83.7 Å². The lowest BCUT2D eigenvalue weighted by Crippen LogP contribution is -2.36. The minimum atomic E-state index is -1.30. The van der Waals surface area contributed by atoms with E-state index in [1.54, 1.807) is 0 Å². The van der Waals surface area contributed by atoms with Crippen LogP contribution in [0.2, 0.25) is 0 Å². The minimum absolute atomic E-state index is 0.121. The van der Waals surface area contributed by atoms with Crippen molar-refractivity contribution in [2.24, 2.45) is 14.8 Å². The number of aromatic nitrogens is 3. The Kier molecular flexibility index (Phi) is 6.07. The Morgan fingerprint density at radius 2 is 1.93 bits per heavy atom. The molecule has 2 aliphatic heterocycles. The third kappa shape index (κ3) is 4.24. The van der Waals surface area contributed by atoms with Crippen LogP contribution in [0, 0.1) is 5.41 Å². The smallest absolute Gasteiger partial charge is 0.156 e. The van der Waals surface area contributed by atoms with Crippen LogP contribution in [0.3, 0.4) is 0 Å². The van der Waals surface area contributed by atoms with Crippen LogP contribution in [0.5, 0.6) is 0 Å². The third-order valence-electron chi connectivity index (χ3n) is 8.59. The van der Waals surface area contributed by atoms with Gasteiger partial charge in [0.05, 0.1) is 46.0 Å². The maximum Gasteiger partial charge on any atom is 0.156 e. The molecular formula is C32H34N6OS. The molecule has 7 nitrogen and oxygen atoms in total. The number of allylic oxidation sites excluding steroid dienone is 2. The molecule has 7 rings (SSSR count). The van der Waals surface area contributed by atoms with E-state index in [4.69, 9.17) is 19.4 Å². The zero-order chi connectivity index (χ0) is 27.5. The van der Waals surface area contributed by atoms with Gasteiger partial charge in [0.15, 0.2) is 5.84 Å². The lowest BCUT2D eigenvalue weighted by Gasteiger charge is -2.33. The first-order valence-corrected chi connectivity index (χ1v) is 15.3. The summed E-state index contributed by atoms with van der Waals surface area (Å²) in [6.07, 6.45) is 11.8. The predicted octanol–water partition coefficient (Wildman–Crippen LogP) is 5.65. The molecule has 1 spiro atoms. The van der Waals surface area contributed by atoms with Gasteiger partial charge in [0.2, 0.25) is 0 Å². The second kappa shape index (κ2) is 9.54.